The van der Waals surface area contributed by atoms with Gasteiger partial charge in [0.2, 0.25) is 0 Å². The van der Waals surface area contributed by atoms with E-state index in [1.54, 1.807) is 11.3 Å². The molecule has 1 aliphatic heterocycles. The van der Waals surface area contributed by atoms with Crippen LogP contribution in [0.2, 0.25) is 0 Å². The van der Waals surface area contributed by atoms with E-state index in [0.29, 0.717) is 5.92 Å². The predicted molar refractivity (Wildman–Crippen MR) is 52.9 cm³/mol. The molecule has 0 bridgehead atoms. The topological polar surface area (TPSA) is 36.4 Å². The standard InChI is InChI=1S/C9H14N2OS/c1-11-3-2-7(4-11)9-10-8(5-12)6-13-9/h6-7,12H,2-5H2,1H3. The van der Waals surface area contributed by atoms with E-state index in [0.717, 1.165) is 12.2 Å². The van der Waals surface area contributed by atoms with Crippen LogP contribution in [0.25, 0.3) is 0 Å². The zero-order chi connectivity index (χ0) is 9.26. The quantitative estimate of drug-likeness (QED) is 0.772. The number of likely N-dealkylation sites (N-methyl/N-ethyl adjacent to an activating group) is 1. The van der Waals surface area contributed by atoms with E-state index < -0.39 is 0 Å². The van der Waals surface area contributed by atoms with Crippen molar-refractivity contribution < 1.29 is 5.11 Å². The van der Waals surface area contributed by atoms with E-state index in [4.69, 9.17) is 5.11 Å². The van der Waals surface area contributed by atoms with E-state index in [9.17, 15) is 0 Å². The smallest absolute Gasteiger partial charge is 0.0973 e. The van der Waals surface area contributed by atoms with Crippen LogP contribution in [-0.4, -0.2) is 35.1 Å². The summed E-state index contributed by atoms with van der Waals surface area (Å²) in [7, 11) is 2.14. The molecule has 1 aliphatic rings. The van der Waals surface area contributed by atoms with Crippen LogP contribution in [0.3, 0.4) is 0 Å². The molecule has 1 aromatic heterocycles. The summed E-state index contributed by atoms with van der Waals surface area (Å²) in [6, 6.07) is 0. The second kappa shape index (κ2) is 3.74. The lowest BCUT2D eigenvalue weighted by Crippen LogP contribution is -2.13. The largest absolute Gasteiger partial charge is 0.390 e. The van der Waals surface area contributed by atoms with E-state index in [1.165, 1.54) is 18.0 Å². The Bertz CT molecular complexity index is 287. The van der Waals surface area contributed by atoms with Gasteiger partial charge in [0.15, 0.2) is 0 Å². The molecule has 1 unspecified atom stereocenters. The number of nitrogens with zero attached hydrogens (tertiary/aromatic N) is 2. The minimum Gasteiger partial charge on any atom is -0.390 e. The zero-order valence-electron chi connectivity index (χ0n) is 7.73. The average Bonchev–Trinajstić information content (AvgIpc) is 2.71. The maximum absolute atomic E-state index is 8.88. The molecule has 0 radical (unpaired) electrons. The average molecular weight is 198 g/mol. The molecule has 13 heavy (non-hydrogen) atoms. The predicted octanol–water partition coefficient (Wildman–Crippen LogP) is 1.05. The van der Waals surface area contributed by atoms with Gasteiger partial charge >= 0.3 is 0 Å². The number of thiazole rings is 1. The summed E-state index contributed by atoms with van der Waals surface area (Å²) in [5.74, 6) is 0.593. The Morgan fingerprint density at radius 2 is 2.62 bits per heavy atom. The molecule has 4 heteroatoms. The normalized spacial score (nSPS) is 24.0. The maximum atomic E-state index is 8.88. The minimum absolute atomic E-state index is 0.0685. The highest BCUT2D eigenvalue weighted by Crippen LogP contribution is 2.28. The molecule has 1 aromatic rings. The van der Waals surface area contributed by atoms with Gasteiger partial charge < -0.3 is 10.0 Å². The van der Waals surface area contributed by atoms with Gasteiger partial charge in [0, 0.05) is 17.8 Å². The summed E-state index contributed by atoms with van der Waals surface area (Å²) in [5.41, 5.74) is 0.814. The van der Waals surface area contributed by atoms with Crippen LogP contribution in [-0.2, 0) is 6.61 Å². The first-order chi connectivity index (χ1) is 6.29. The molecule has 1 atom stereocenters. The van der Waals surface area contributed by atoms with Crippen molar-refractivity contribution in [2.45, 2.75) is 18.9 Å². The van der Waals surface area contributed by atoms with E-state index >= 15 is 0 Å². The Labute approximate surface area is 82.0 Å². The van der Waals surface area contributed by atoms with Gasteiger partial charge in [-0.25, -0.2) is 4.98 Å². The molecule has 72 valence electrons. The van der Waals surface area contributed by atoms with Gasteiger partial charge in [-0.15, -0.1) is 11.3 Å². The first kappa shape index (κ1) is 9.12. The molecule has 0 spiro atoms. The van der Waals surface area contributed by atoms with Gasteiger partial charge in [-0.1, -0.05) is 0 Å². The molecule has 3 nitrogen and oxygen atoms in total. The van der Waals surface area contributed by atoms with Gasteiger partial charge in [0.1, 0.15) is 0 Å². The van der Waals surface area contributed by atoms with Crippen molar-refractivity contribution >= 4 is 11.3 Å². The number of hydrogen-bond donors (Lipinski definition) is 1. The van der Waals surface area contributed by atoms with Crippen LogP contribution < -0.4 is 0 Å². The Hall–Kier alpha value is -0.450. The summed E-state index contributed by atoms with van der Waals surface area (Å²) >= 11 is 1.68. The molecule has 0 amide bonds. The first-order valence-corrected chi connectivity index (χ1v) is 5.41. The van der Waals surface area contributed by atoms with Crippen molar-refractivity contribution in [3.05, 3.63) is 16.1 Å². The van der Waals surface area contributed by atoms with Crippen molar-refractivity contribution in [3.8, 4) is 0 Å². The number of aromatic nitrogens is 1. The SMILES string of the molecule is CN1CCC(c2nc(CO)cs2)C1. The molecule has 1 fully saturated rings. The highest BCUT2D eigenvalue weighted by molar-refractivity contribution is 7.09. The third-order valence-electron chi connectivity index (χ3n) is 2.47. The number of aliphatic hydroxyl groups is 1. The van der Waals surface area contributed by atoms with Crippen molar-refractivity contribution in [1.29, 1.82) is 0 Å². The fourth-order valence-electron chi connectivity index (χ4n) is 1.72. The molecular weight excluding hydrogens is 184 g/mol. The number of rotatable bonds is 2. The minimum atomic E-state index is 0.0685. The third-order valence-corrected chi connectivity index (χ3v) is 3.53. The van der Waals surface area contributed by atoms with Crippen molar-refractivity contribution in [2.24, 2.45) is 0 Å². The Morgan fingerprint density at radius 3 is 3.15 bits per heavy atom. The fourth-order valence-corrected chi connectivity index (χ4v) is 2.66. The molecule has 2 heterocycles. The summed E-state index contributed by atoms with van der Waals surface area (Å²) in [6.45, 7) is 2.34. The van der Waals surface area contributed by atoms with Crippen LogP contribution >= 0.6 is 11.3 Å². The zero-order valence-corrected chi connectivity index (χ0v) is 8.55. The first-order valence-electron chi connectivity index (χ1n) is 4.53. The van der Waals surface area contributed by atoms with Crippen LogP contribution in [0.15, 0.2) is 5.38 Å². The van der Waals surface area contributed by atoms with Crippen molar-refractivity contribution in [1.82, 2.24) is 9.88 Å². The van der Waals surface area contributed by atoms with Gasteiger partial charge in [-0.3, -0.25) is 0 Å². The lowest BCUT2D eigenvalue weighted by atomic mass is 10.1. The monoisotopic (exact) mass is 198 g/mol. The molecule has 0 aromatic carbocycles. The number of likely N-dealkylation sites (tertiary alicyclic amines) is 1. The summed E-state index contributed by atoms with van der Waals surface area (Å²) in [4.78, 5) is 6.71. The van der Waals surface area contributed by atoms with Crippen LogP contribution in [0.5, 0.6) is 0 Å². The summed E-state index contributed by atoms with van der Waals surface area (Å²) in [5, 5.41) is 12.0. The molecule has 1 N–H and O–H groups in total. The van der Waals surface area contributed by atoms with Gasteiger partial charge in [-0.05, 0) is 20.0 Å². The molecule has 1 saturated heterocycles. The lowest BCUT2D eigenvalue weighted by molar-refractivity contribution is 0.277. The van der Waals surface area contributed by atoms with E-state index in [2.05, 4.69) is 16.9 Å². The maximum Gasteiger partial charge on any atom is 0.0973 e. The van der Waals surface area contributed by atoms with Gasteiger partial charge in [-0.2, -0.15) is 0 Å². The molecular formula is C9H14N2OS. The second-order valence-electron chi connectivity index (χ2n) is 3.58. The third kappa shape index (κ3) is 1.90. The summed E-state index contributed by atoms with van der Waals surface area (Å²) < 4.78 is 0. The lowest BCUT2D eigenvalue weighted by Gasteiger charge is -2.06. The van der Waals surface area contributed by atoms with E-state index in [-0.39, 0.29) is 6.61 Å². The number of aliphatic hydroxyl groups excluding tert-OH is 1. The second-order valence-corrected chi connectivity index (χ2v) is 4.47. The molecule has 0 saturated carbocycles. The highest BCUT2D eigenvalue weighted by atomic mass is 32.1. The van der Waals surface area contributed by atoms with Gasteiger partial charge in [0.05, 0.1) is 17.3 Å². The molecule has 0 aliphatic carbocycles. The Balaban J connectivity index is 2.08. The number of hydrogen-bond acceptors (Lipinski definition) is 4. The molecule has 2 rings (SSSR count). The van der Waals surface area contributed by atoms with Gasteiger partial charge in [0.25, 0.3) is 0 Å². The van der Waals surface area contributed by atoms with E-state index in [1.807, 2.05) is 5.38 Å². The van der Waals surface area contributed by atoms with Crippen LogP contribution in [0.4, 0.5) is 0 Å². The summed E-state index contributed by atoms with van der Waals surface area (Å²) in [6.07, 6.45) is 1.20. The Kier molecular flexibility index (Phi) is 2.62. The highest BCUT2D eigenvalue weighted by Gasteiger charge is 2.23. The van der Waals surface area contributed by atoms with Crippen LogP contribution in [0.1, 0.15) is 23.0 Å². The van der Waals surface area contributed by atoms with Crippen molar-refractivity contribution in [2.75, 3.05) is 20.1 Å². The Morgan fingerprint density at radius 1 is 1.77 bits per heavy atom. The van der Waals surface area contributed by atoms with Crippen LogP contribution in [0, 0.1) is 0 Å². The van der Waals surface area contributed by atoms with Crippen molar-refractivity contribution in [3.63, 3.8) is 0 Å². The fraction of sp³-hybridized carbons (Fsp3) is 0.667.